The summed E-state index contributed by atoms with van der Waals surface area (Å²) in [6.07, 6.45) is 0.460. The van der Waals surface area contributed by atoms with Crippen LogP contribution < -0.4 is 5.73 Å². The van der Waals surface area contributed by atoms with Crippen LogP contribution in [-0.2, 0) is 4.79 Å². The van der Waals surface area contributed by atoms with Gasteiger partial charge < -0.3 is 15.7 Å². The van der Waals surface area contributed by atoms with Crippen molar-refractivity contribution in [2.75, 3.05) is 13.1 Å². The first-order valence-electron chi connectivity index (χ1n) is 6.67. The van der Waals surface area contributed by atoms with Gasteiger partial charge in [0.1, 0.15) is 10.8 Å². The number of nitrogens with zero attached hydrogens (tertiary/aromatic N) is 1. The summed E-state index contributed by atoms with van der Waals surface area (Å²) < 4.78 is 27.1. The predicted molar refractivity (Wildman–Crippen MR) is 75.3 cm³/mol. The molecule has 5 nitrogen and oxygen atoms in total. The third-order valence-corrected chi connectivity index (χ3v) is 3.96. The lowest BCUT2D eigenvalue weighted by atomic mass is 9.89. The van der Waals surface area contributed by atoms with E-state index < -0.39 is 34.1 Å². The van der Waals surface area contributed by atoms with Crippen LogP contribution in [0.1, 0.15) is 29.6 Å². The summed E-state index contributed by atoms with van der Waals surface area (Å²) in [5, 5.41) is 9.55. The Morgan fingerprint density at radius 3 is 2.73 bits per heavy atom. The van der Waals surface area contributed by atoms with Gasteiger partial charge in [-0.25, -0.2) is 8.78 Å². The van der Waals surface area contributed by atoms with Crippen LogP contribution in [-0.4, -0.2) is 40.5 Å². The molecular weight excluding hydrogens is 318 g/mol. The maximum atomic E-state index is 13.9. The molecule has 1 aromatic carbocycles. The van der Waals surface area contributed by atoms with Crippen LogP contribution in [0, 0.1) is 11.6 Å². The maximum Gasteiger partial charge on any atom is 0.256 e. The SMILES string of the molecule is NC(=O)CC1(O)CCCN(C(=O)c2ccc(F)c(Cl)c2F)C1. The molecule has 1 aliphatic heterocycles. The molecule has 3 N–H and O–H groups in total. The fraction of sp³-hybridized carbons (Fsp3) is 0.429. The first kappa shape index (κ1) is 16.6. The standard InChI is InChI=1S/C14H15ClF2N2O3/c15-11-9(16)3-2-8(12(11)17)13(21)19-5-1-4-14(22,7-19)6-10(18)20/h2-3,22H,1,4-7H2,(H2,18,20). The van der Waals surface area contributed by atoms with Crippen LogP contribution in [0.2, 0.25) is 5.02 Å². The average Bonchev–Trinajstić information content (AvgIpc) is 2.43. The molecule has 2 amide bonds. The second-order valence-corrected chi connectivity index (χ2v) is 5.80. The fourth-order valence-corrected chi connectivity index (χ4v) is 2.78. The lowest BCUT2D eigenvalue weighted by Crippen LogP contribution is -2.52. The van der Waals surface area contributed by atoms with Gasteiger partial charge in [-0.05, 0) is 25.0 Å². The average molecular weight is 333 g/mol. The summed E-state index contributed by atoms with van der Waals surface area (Å²) in [6.45, 7) is 0.136. The van der Waals surface area contributed by atoms with E-state index in [1.54, 1.807) is 0 Å². The maximum absolute atomic E-state index is 13.9. The van der Waals surface area contributed by atoms with Crippen molar-refractivity contribution in [3.8, 4) is 0 Å². The second-order valence-electron chi connectivity index (χ2n) is 5.42. The van der Waals surface area contributed by atoms with E-state index in [9.17, 15) is 23.5 Å². The van der Waals surface area contributed by atoms with Crippen molar-refractivity contribution in [2.24, 2.45) is 5.73 Å². The predicted octanol–water partition coefficient (Wildman–Crippen LogP) is 1.46. The Balaban J connectivity index is 2.23. The molecule has 120 valence electrons. The van der Waals surface area contributed by atoms with E-state index in [-0.39, 0.29) is 25.1 Å². The number of β-amino-alcohol motifs (C(OH)–C–C–N with tert-alkyl or cyclic N) is 1. The van der Waals surface area contributed by atoms with Gasteiger partial charge >= 0.3 is 0 Å². The first-order valence-corrected chi connectivity index (χ1v) is 7.05. The van der Waals surface area contributed by atoms with Crippen LogP contribution in [0.25, 0.3) is 0 Å². The quantitative estimate of drug-likeness (QED) is 0.822. The van der Waals surface area contributed by atoms with Crippen LogP contribution >= 0.6 is 11.6 Å². The topological polar surface area (TPSA) is 83.6 Å². The molecule has 1 atom stereocenters. The number of amides is 2. The monoisotopic (exact) mass is 332 g/mol. The van der Waals surface area contributed by atoms with Gasteiger partial charge in [0.2, 0.25) is 5.91 Å². The second kappa shape index (κ2) is 6.18. The Kier molecular flexibility index (Phi) is 4.67. The van der Waals surface area contributed by atoms with Crippen LogP contribution in [0.4, 0.5) is 8.78 Å². The Hall–Kier alpha value is -1.73. The van der Waals surface area contributed by atoms with E-state index in [0.717, 1.165) is 12.1 Å². The van der Waals surface area contributed by atoms with Gasteiger partial charge in [0.25, 0.3) is 5.91 Å². The number of benzene rings is 1. The minimum Gasteiger partial charge on any atom is -0.388 e. The van der Waals surface area contributed by atoms with Gasteiger partial charge in [0, 0.05) is 6.54 Å². The van der Waals surface area contributed by atoms with Crippen LogP contribution in [0.5, 0.6) is 0 Å². The molecule has 0 radical (unpaired) electrons. The van der Waals surface area contributed by atoms with Crippen molar-refractivity contribution >= 4 is 23.4 Å². The van der Waals surface area contributed by atoms with Crippen LogP contribution in [0.3, 0.4) is 0 Å². The summed E-state index contributed by atoms with van der Waals surface area (Å²) in [4.78, 5) is 24.5. The summed E-state index contributed by atoms with van der Waals surface area (Å²) >= 11 is 5.46. The minimum absolute atomic E-state index is 0.150. The molecule has 0 bridgehead atoms. The number of halogens is 3. The number of hydrogen-bond acceptors (Lipinski definition) is 3. The van der Waals surface area contributed by atoms with E-state index in [2.05, 4.69) is 0 Å². The van der Waals surface area contributed by atoms with E-state index in [4.69, 9.17) is 17.3 Å². The molecular formula is C14H15ClF2N2O3. The van der Waals surface area contributed by atoms with Crippen molar-refractivity contribution in [1.82, 2.24) is 4.90 Å². The molecule has 0 aliphatic carbocycles. The highest BCUT2D eigenvalue weighted by Gasteiger charge is 2.37. The Morgan fingerprint density at radius 1 is 1.41 bits per heavy atom. The molecule has 22 heavy (non-hydrogen) atoms. The molecule has 1 unspecified atom stereocenters. The zero-order valence-corrected chi connectivity index (χ0v) is 12.4. The summed E-state index contributed by atoms with van der Waals surface area (Å²) in [7, 11) is 0. The molecule has 2 rings (SSSR count). The molecule has 8 heteroatoms. The summed E-state index contributed by atoms with van der Waals surface area (Å²) in [5.74, 6) is -3.51. The Morgan fingerprint density at radius 2 is 2.09 bits per heavy atom. The number of likely N-dealkylation sites (tertiary alicyclic amines) is 1. The molecule has 1 aliphatic rings. The van der Waals surface area contributed by atoms with Gasteiger partial charge in [-0.1, -0.05) is 11.6 Å². The normalized spacial score (nSPS) is 21.7. The van der Waals surface area contributed by atoms with E-state index in [0.29, 0.717) is 12.8 Å². The van der Waals surface area contributed by atoms with E-state index in [1.165, 1.54) is 4.90 Å². The van der Waals surface area contributed by atoms with Crippen molar-refractivity contribution in [3.05, 3.63) is 34.4 Å². The third-order valence-electron chi connectivity index (χ3n) is 3.61. The van der Waals surface area contributed by atoms with Crippen LogP contribution in [0.15, 0.2) is 12.1 Å². The summed E-state index contributed by atoms with van der Waals surface area (Å²) in [6, 6.07) is 1.90. The molecule has 1 aromatic rings. The Labute approximate surface area is 130 Å². The third kappa shape index (κ3) is 3.36. The molecule has 1 heterocycles. The van der Waals surface area contributed by atoms with E-state index in [1.807, 2.05) is 0 Å². The van der Waals surface area contributed by atoms with Gasteiger partial charge in [-0.2, -0.15) is 0 Å². The Bertz CT molecular complexity index is 626. The molecule has 1 saturated heterocycles. The van der Waals surface area contributed by atoms with Crippen molar-refractivity contribution in [1.29, 1.82) is 0 Å². The fourth-order valence-electron chi connectivity index (χ4n) is 2.62. The van der Waals surface area contributed by atoms with Crippen molar-refractivity contribution < 1.29 is 23.5 Å². The number of hydrogen-bond donors (Lipinski definition) is 2. The van der Waals surface area contributed by atoms with Crippen molar-refractivity contribution in [2.45, 2.75) is 24.9 Å². The van der Waals surface area contributed by atoms with Gasteiger partial charge in [-0.15, -0.1) is 0 Å². The largest absolute Gasteiger partial charge is 0.388 e. The van der Waals surface area contributed by atoms with Crippen molar-refractivity contribution in [3.63, 3.8) is 0 Å². The first-order chi connectivity index (χ1) is 10.2. The highest BCUT2D eigenvalue weighted by Crippen LogP contribution is 2.28. The smallest absolute Gasteiger partial charge is 0.256 e. The number of carbonyl (C=O) groups is 2. The lowest BCUT2D eigenvalue weighted by molar-refractivity contribution is -0.125. The molecule has 0 aromatic heterocycles. The zero-order valence-electron chi connectivity index (χ0n) is 11.6. The number of rotatable bonds is 3. The molecule has 0 saturated carbocycles. The van der Waals surface area contributed by atoms with Gasteiger partial charge in [-0.3, -0.25) is 9.59 Å². The highest BCUT2D eigenvalue weighted by molar-refractivity contribution is 6.31. The van der Waals surface area contributed by atoms with Gasteiger partial charge in [0.05, 0.1) is 24.1 Å². The van der Waals surface area contributed by atoms with Gasteiger partial charge in [0.15, 0.2) is 5.82 Å². The summed E-state index contributed by atoms with van der Waals surface area (Å²) in [5.41, 5.74) is 3.27. The zero-order chi connectivity index (χ0) is 16.5. The number of primary amides is 1. The molecule has 0 spiro atoms. The van der Waals surface area contributed by atoms with E-state index >= 15 is 0 Å². The lowest BCUT2D eigenvalue weighted by Gasteiger charge is -2.38. The molecule has 1 fully saturated rings. The number of carbonyl (C=O) groups excluding carboxylic acids is 2. The number of piperidine rings is 1. The minimum atomic E-state index is -1.43. The highest BCUT2D eigenvalue weighted by atomic mass is 35.5. The number of aliphatic hydroxyl groups is 1. The number of nitrogens with two attached hydrogens (primary N) is 1.